The van der Waals surface area contributed by atoms with Crippen LogP contribution < -0.4 is 19.5 Å². The van der Waals surface area contributed by atoms with Crippen molar-refractivity contribution < 1.29 is 22.7 Å². The SMILES string of the molecule is COc1ccccc1OC[C@@H](C)NC(=O)c1cccc(S(=O)(=O)Nc2ccccc2)c1. The number of sulfonamides is 1. The molecular weight excluding hydrogens is 416 g/mol. The summed E-state index contributed by atoms with van der Waals surface area (Å²) in [6, 6.07) is 21.3. The number of methoxy groups -OCH3 is 1. The molecule has 0 aliphatic rings. The number of anilines is 1. The zero-order chi connectivity index (χ0) is 22.3. The minimum Gasteiger partial charge on any atom is -0.493 e. The second-order valence-corrected chi connectivity index (χ2v) is 8.52. The lowest BCUT2D eigenvalue weighted by molar-refractivity contribution is 0.0926. The molecule has 0 spiro atoms. The minimum absolute atomic E-state index is 0.00179. The van der Waals surface area contributed by atoms with Crippen LogP contribution in [0.15, 0.2) is 83.8 Å². The maximum Gasteiger partial charge on any atom is 0.261 e. The molecule has 0 fully saturated rings. The van der Waals surface area contributed by atoms with Crippen LogP contribution in [0.4, 0.5) is 5.69 Å². The summed E-state index contributed by atoms with van der Waals surface area (Å²) in [5, 5.41) is 2.81. The van der Waals surface area contributed by atoms with Crippen LogP contribution in [-0.4, -0.2) is 34.1 Å². The van der Waals surface area contributed by atoms with Crippen LogP contribution in [0.3, 0.4) is 0 Å². The summed E-state index contributed by atoms with van der Waals surface area (Å²) in [6.07, 6.45) is 0. The summed E-state index contributed by atoms with van der Waals surface area (Å²) in [4.78, 5) is 12.6. The van der Waals surface area contributed by atoms with E-state index in [9.17, 15) is 13.2 Å². The molecule has 8 heteroatoms. The molecule has 7 nitrogen and oxygen atoms in total. The quantitative estimate of drug-likeness (QED) is 0.529. The van der Waals surface area contributed by atoms with Crippen molar-refractivity contribution in [2.24, 2.45) is 0 Å². The minimum atomic E-state index is -3.82. The van der Waals surface area contributed by atoms with E-state index in [1.807, 2.05) is 12.1 Å². The van der Waals surface area contributed by atoms with E-state index in [0.29, 0.717) is 17.2 Å². The van der Waals surface area contributed by atoms with E-state index in [1.54, 1.807) is 62.6 Å². The molecule has 0 radical (unpaired) electrons. The number of benzene rings is 3. The third-order valence-corrected chi connectivity index (χ3v) is 5.75. The van der Waals surface area contributed by atoms with Gasteiger partial charge in [-0.2, -0.15) is 0 Å². The Hall–Kier alpha value is -3.52. The summed E-state index contributed by atoms with van der Waals surface area (Å²) < 4.78 is 38.8. The van der Waals surface area contributed by atoms with Gasteiger partial charge in [0.2, 0.25) is 0 Å². The number of para-hydroxylation sites is 3. The van der Waals surface area contributed by atoms with E-state index < -0.39 is 15.9 Å². The molecule has 0 saturated carbocycles. The molecule has 3 rings (SSSR count). The lowest BCUT2D eigenvalue weighted by Crippen LogP contribution is -2.36. The Kier molecular flexibility index (Phi) is 7.15. The summed E-state index contributed by atoms with van der Waals surface area (Å²) in [7, 11) is -2.26. The molecular formula is C23H24N2O5S. The summed E-state index contributed by atoms with van der Waals surface area (Å²) in [5.41, 5.74) is 0.680. The van der Waals surface area contributed by atoms with Gasteiger partial charge in [-0.25, -0.2) is 8.42 Å². The van der Waals surface area contributed by atoms with Gasteiger partial charge in [0, 0.05) is 11.3 Å². The average Bonchev–Trinajstić information content (AvgIpc) is 2.78. The van der Waals surface area contributed by atoms with Gasteiger partial charge in [0.15, 0.2) is 11.5 Å². The van der Waals surface area contributed by atoms with Crippen molar-refractivity contribution >= 4 is 21.6 Å². The first-order chi connectivity index (χ1) is 14.9. The number of hydrogen-bond acceptors (Lipinski definition) is 5. The van der Waals surface area contributed by atoms with E-state index in [1.165, 1.54) is 18.2 Å². The second-order valence-electron chi connectivity index (χ2n) is 6.84. The molecule has 0 unspecified atom stereocenters. The van der Waals surface area contributed by atoms with Crippen molar-refractivity contribution in [3.8, 4) is 11.5 Å². The largest absolute Gasteiger partial charge is 0.493 e. The summed E-state index contributed by atoms with van der Waals surface area (Å²) in [5.74, 6) is 0.781. The molecule has 3 aromatic carbocycles. The van der Waals surface area contributed by atoms with Gasteiger partial charge in [-0.05, 0) is 49.4 Å². The van der Waals surface area contributed by atoms with Gasteiger partial charge < -0.3 is 14.8 Å². The van der Waals surface area contributed by atoms with Crippen molar-refractivity contribution in [3.05, 3.63) is 84.4 Å². The highest BCUT2D eigenvalue weighted by molar-refractivity contribution is 7.92. The molecule has 3 aromatic rings. The van der Waals surface area contributed by atoms with Crippen LogP contribution in [0.1, 0.15) is 17.3 Å². The Morgan fingerprint density at radius 1 is 0.935 bits per heavy atom. The zero-order valence-corrected chi connectivity index (χ0v) is 18.1. The molecule has 162 valence electrons. The van der Waals surface area contributed by atoms with Crippen LogP contribution in [0.5, 0.6) is 11.5 Å². The first-order valence-electron chi connectivity index (χ1n) is 9.63. The van der Waals surface area contributed by atoms with E-state index in [2.05, 4.69) is 10.0 Å². The van der Waals surface area contributed by atoms with Crippen molar-refractivity contribution in [1.29, 1.82) is 0 Å². The number of nitrogens with one attached hydrogen (secondary N) is 2. The number of carbonyl (C=O) groups is 1. The highest BCUT2D eigenvalue weighted by Crippen LogP contribution is 2.25. The third-order valence-electron chi connectivity index (χ3n) is 4.37. The first-order valence-corrected chi connectivity index (χ1v) is 11.1. The second kappa shape index (κ2) is 9.99. The number of hydrogen-bond donors (Lipinski definition) is 2. The highest BCUT2D eigenvalue weighted by Gasteiger charge is 2.17. The Balaban J connectivity index is 1.64. The monoisotopic (exact) mass is 440 g/mol. The molecule has 0 aromatic heterocycles. The van der Waals surface area contributed by atoms with E-state index >= 15 is 0 Å². The first kappa shape index (κ1) is 22.2. The van der Waals surface area contributed by atoms with Crippen molar-refractivity contribution in [2.75, 3.05) is 18.4 Å². The van der Waals surface area contributed by atoms with Crippen molar-refractivity contribution in [3.63, 3.8) is 0 Å². The van der Waals surface area contributed by atoms with Gasteiger partial charge in [-0.15, -0.1) is 0 Å². The molecule has 0 heterocycles. The smallest absolute Gasteiger partial charge is 0.261 e. The average molecular weight is 441 g/mol. The number of rotatable bonds is 9. The van der Waals surface area contributed by atoms with Crippen LogP contribution >= 0.6 is 0 Å². The van der Waals surface area contributed by atoms with Gasteiger partial charge in [-0.3, -0.25) is 9.52 Å². The fourth-order valence-electron chi connectivity index (χ4n) is 2.83. The van der Waals surface area contributed by atoms with E-state index in [0.717, 1.165) is 0 Å². The van der Waals surface area contributed by atoms with Gasteiger partial charge in [0.25, 0.3) is 15.9 Å². The molecule has 0 saturated heterocycles. The fourth-order valence-corrected chi connectivity index (χ4v) is 3.93. The van der Waals surface area contributed by atoms with E-state index in [-0.39, 0.29) is 23.1 Å². The summed E-state index contributed by atoms with van der Waals surface area (Å²) in [6.45, 7) is 2.02. The van der Waals surface area contributed by atoms with Crippen LogP contribution in [-0.2, 0) is 10.0 Å². The van der Waals surface area contributed by atoms with E-state index in [4.69, 9.17) is 9.47 Å². The Labute approximate surface area is 182 Å². The lowest BCUT2D eigenvalue weighted by atomic mass is 10.2. The molecule has 1 atom stereocenters. The Morgan fingerprint density at radius 3 is 2.32 bits per heavy atom. The Morgan fingerprint density at radius 2 is 1.61 bits per heavy atom. The molecule has 0 bridgehead atoms. The van der Waals surface area contributed by atoms with Crippen molar-refractivity contribution in [2.45, 2.75) is 17.9 Å². The fraction of sp³-hybridized carbons (Fsp3) is 0.174. The highest BCUT2D eigenvalue weighted by atomic mass is 32.2. The van der Waals surface area contributed by atoms with Crippen LogP contribution in [0.25, 0.3) is 0 Å². The molecule has 0 aliphatic heterocycles. The normalized spacial score (nSPS) is 11.9. The van der Waals surface area contributed by atoms with Crippen LogP contribution in [0.2, 0.25) is 0 Å². The van der Waals surface area contributed by atoms with Gasteiger partial charge in [0.1, 0.15) is 6.61 Å². The van der Waals surface area contributed by atoms with Gasteiger partial charge in [-0.1, -0.05) is 36.4 Å². The standard InChI is InChI=1S/C23H24N2O5S/c1-17(16-30-22-14-7-6-13-21(22)29-2)24-23(26)18-9-8-12-20(15-18)31(27,28)25-19-10-4-3-5-11-19/h3-15,17,25H,16H2,1-2H3,(H,24,26)/t17-/m1/s1. The molecule has 0 aliphatic carbocycles. The topological polar surface area (TPSA) is 93.7 Å². The summed E-state index contributed by atoms with van der Waals surface area (Å²) >= 11 is 0. The number of carbonyl (C=O) groups excluding carboxylic acids is 1. The number of ether oxygens (including phenoxy) is 2. The maximum absolute atomic E-state index is 12.6. The zero-order valence-electron chi connectivity index (χ0n) is 17.2. The number of amides is 1. The predicted molar refractivity (Wildman–Crippen MR) is 119 cm³/mol. The predicted octanol–water partition coefficient (Wildman–Crippen LogP) is 3.69. The van der Waals surface area contributed by atoms with Crippen LogP contribution in [0, 0.1) is 0 Å². The van der Waals surface area contributed by atoms with Crippen molar-refractivity contribution in [1.82, 2.24) is 5.32 Å². The lowest BCUT2D eigenvalue weighted by Gasteiger charge is -2.17. The molecule has 1 amide bonds. The maximum atomic E-state index is 12.6. The molecule has 2 N–H and O–H groups in total. The Bertz CT molecular complexity index is 1130. The van der Waals surface area contributed by atoms with Gasteiger partial charge in [0.05, 0.1) is 18.0 Å². The third kappa shape index (κ3) is 5.99. The van der Waals surface area contributed by atoms with Gasteiger partial charge >= 0.3 is 0 Å². The molecule has 31 heavy (non-hydrogen) atoms.